The van der Waals surface area contributed by atoms with Crippen LogP contribution in [0.3, 0.4) is 0 Å². The van der Waals surface area contributed by atoms with E-state index in [9.17, 15) is 18.5 Å². The first-order valence-corrected chi connectivity index (χ1v) is 7.75. The van der Waals surface area contributed by atoms with E-state index in [-0.39, 0.29) is 22.4 Å². The zero-order chi connectivity index (χ0) is 14.9. The summed E-state index contributed by atoms with van der Waals surface area (Å²) in [5.41, 5.74) is 5.50. The first-order chi connectivity index (χ1) is 9.36. The molecule has 0 bridgehead atoms. The van der Waals surface area contributed by atoms with E-state index in [1.165, 1.54) is 28.6 Å². The Kier molecular flexibility index (Phi) is 4.07. The summed E-state index contributed by atoms with van der Waals surface area (Å²) in [6.07, 6.45) is 0. The molecule has 1 fully saturated rings. The van der Waals surface area contributed by atoms with E-state index in [0.29, 0.717) is 19.6 Å². The molecule has 0 amide bonds. The number of rotatable bonds is 4. The zero-order valence-corrected chi connectivity index (χ0v) is 11.9. The highest BCUT2D eigenvalue weighted by Crippen LogP contribution is 2.28. The van der Waals surface area contributed by atoms with E-state index in [1.807, 2.05) is 6.92 Å². The standard InChI is InChI=1S/C12H17N3O4S/c1-9-7-14(8-10(9)6-13)20(18,19)12-4-2-11(3-5-12)15(16)17/h2-5,9-10H,6-8,13H2,1H3. The van der Waals surface area contributed by atoms with Crippen LogP contribution in [0.1, 0.15) is 6.92 Å². The van der Waals surface area contributed by atoms with Crippen molar-refractivity contribution in [2.75, 3.05) is 19.6 Å². The molecular weight excluding hydrogens is 282 g/mol. The number of sulfonamides is 1. The molecule has 2 atom stereocenters. The van der Waals surface area contributed by atoms with Gasteiger partial charge in [-0.15, -0.1) is 0 Å². The first kappa shape index (κ1) is 14.9. The Bertz CT molecular complexity index is 600. The van der Waals surface area contributed by atoms with Crippen molar-refractivity contribution < 1.29 is 13.3 Å². The number of nitro benzene ring substituents is 1. The third-order valence-electron chi connectivity index (χ3n) is 3.72. The van der Waals surface area contributed by atoms with E-state index in [4.69, 9.17) is 5.73 Å². The fourth-order valence-electron chi connectivity index (χ4n) is 2.38. The monoisotopic (exact) mass is 299 g/mol. The second-order valence-electron chi connectivity index (χ2n) is 5.05. The average Bonchev–Trinajstić information content (AvgIpc) is 2.80. The zero-order valence-electron chi connectivity index (χ0n) is 11.1. The van der Waals surface area contributed by atoms with Gasteiger partial charge in [0.1, 0.15) is 0 Å². The highest BCUT2D eigenvalue weighted by Gasteiger charge is 2.36. The maximum atomic E-state index is 12.4. The molecule has 0 spiro atoms. The van der Waals surface area contributed by atoms with Crippen molar-refractivity contribution in [3.63, 3.8) is 0 Å². The molecule has 20 heavy (non-hydrogen) atoms. The number of nitrogens with two attached hydrogens (primary N) is 1. The predicted molar refractivity (Wildman–Crippen MR) is 73.6 cm³/mol. The quantitative estimate of drug-likeness (QED) is 0.654. The molecule has 8 heteroatoms. The van der Waals surface area contributed by atoms with E-state index in [0.717, 1.165) is 0 Å². The normalized spacial score (nSPS) is 23.9. The van der Waals surface area contributed by atoms with Crippen LogP contribution in [0.5, 0.6) is 0 Å². The van der Waals surface area contributed by atoms with Gasteiger partial charge in [0.15, 0.2) is 0 Å². The molecule has 0 aromatic heterocycles. The highest BCUT2D eigenvalue weighted by atomic mass is 32.2. The van der Waals surface area contributed by atoms with Crippen molar-refractivity contribution in [2.45, 2.75) is 11.8 Å². The Morgan fingerprint density at radius 2 is 1.95 bits per heavy atom. The summed E-state index contributed by atoms with van der Waals surface area (Å²) in [6.45, 7) is 3.26. The van der Waals surface area contributed by atoms with Crippen molar-refractivity contribution >= 4 is 15.7 Å². The third-order valence-corrected chi connectivity index (χ3v) is 5.57. The lowest BCUT2D eigenvalue weighted by Crippen LogP contribution is -2.30. The van der Waals surface area contributed by atoms with Gasteiger partial charge in [-0.3, -0.25) is 10.1 Å². The Labute approximate surface area is 117 Å². The van der Waals surface area contributed by atoms with Gasteiger partial charge in [-0.2, -0.15) is 4.31 Å². The largest absolute Gasteiger partial charge is 0.330 e. The second kappa shape index (κ2) is 5.47. The Morgan fingerprint density at radius 1 is 1.35 bits per heavy atom. The fraction of sp³-hybridized carbons (Fsp3) is 0.500. The molecule has 0 saturated carbocycles. The van der Waals surface area contributed by atoms with Crippen LogP contribution >= 0.6 is 0 Å². The average molecular weight is 299 g/mol. The summed E-state index contributed by atoms with van der Waals surface area (Å²) in [6, 6.07) is 4.95. The maximum absolute atomic E-state index is 12.4. The minimum absolute atomic E-state index is 0.0768. The van der Waals surface area contributed by atoms with Gasteiger partial charge >= 0.3 is 0 Å². The van der Waals surface area contributed by atoms with E-state index in [2.05, 4.69) is 0 Å². The molecular formula is C12H17N3O4S. The minimum atomic E-state index is -3.60. The van der Waals surface area contributed by atoms with Crippen LogP contribution < -0.4 is 5.73 Å². The van der Waals surface area contributed by atoms with Crippen molar-refractivity contribution in [3.8, 4) is 0 Å². The lowest BCUT2D eigenvalue weighted by atomic mass is 9.99. The Hall–Kier alpha value is -1.51. The number of non-ortho nitro benzene ring substituents is 1. The molecule has 1 aliphatic heterocycles. The summed E-state index contributed by atoms with van der Waals surface area (Å²) in [7, 11) is -3.60. The molecule has 1 saturated heterocycles. The van der Waals surface area contributed by atoms with Crippen molar-refractivity contribution in [2.24, 2.45) is 17.6 Å². The Balaban J connectivity index is 2.25. The fourth-order valence-corrected chi connectivity index (χ4v) is 3.98. The lowest BCUT2D eigenvalue weighted by molar-refractivity contribution is -0.384. The van der Waals surface area contributed by atoms with Crippen LogP contribution in [0.25, 0.3) is 0 Å². The molecule has 1 aromatic carbocycles. The molecule has 7 nitrogen and oxygen atoms in total. The number of nitro groups is 1. The molecule has 1 heterocycles. The molecule has 0 aliphatic carbocycles. The van der Waals surface area contributed by atoms with Gasteiger partial charge < -0.3 is 5.73 Å². The lowest BCUT2D eigenvalue weighted by Gasteiger charge is -2.16. The molecule has 2 rings (SSSR count). The number of nitrogens with zero attached hydrogens (tertiary/aromatic N) is 2. The minimum Gasteiger partial charge on any atom is -0.330 e. The summed E-state index contributed by atoms with van der Waals surface area (Å²) in [5.74, 6) is 0.371. The molecule has 1 aliphatic rings. The maximum Gasteiger partial charge on any atom is 0.269 e. The molecule has 0 radical (unpaired) electrons. The van der Waals surface area contributed by atoms with Gasteiger partial charge in [0.2, 0.25) is 10.0 Å². The first-order valence-electron chi connectivity index (χ1n) is 6.31. The number of hydrogen-bond acceptors (Lipinski definition) is 5. The van der Waals surface area contributed by atoms with Crippen molar-refractivity contribution in [1.29, 1.82) is 0 Å². The predicted octanol–water partition coefficient (Wildman–Crippen LogP) is 0.810. The molecule has 1 aromatic rings. The van der Waals surface area contributed by atoms with Crippen LogP contribution in [0, 0.1) is 22.0 Å². The van der Waals surface area contributed by atoms with Crippen molar-refractivity contribution in [3.05, 3.63) is 34.4 Å². The second-order valence-corrected chi connectivity index (χ2v) is 6.98. The van der Waals surface area contributed by atoms with Crippen LogP contribution in [-0.2, 0) is 10.0 Å². The topological polar surface area (TPSA) is 107 Å². The summed E-state index contributed by atoms with van der Waals surface area (Å²) in [4.78, 5) is 10.1. The van der Waals surface area contributed by atoms with Crippen LogP contribution in [0.15, 0.2) is 29.2 Å². The smallest absolute Gasteiger partial charge is 0.269 e. The third kappa shape index (κ3) is 2.67. The number of hydrogen-bond donors (Lipinski definition) is 1. The van der Waals surface area contributed by atoms with E-state index in [1.54, 1.807) is 0 Å². The summed E-state index contributed by atoms with van der Waals surface area (Å²) < 4.78 is 26.3. The van der Waals surface area contributed by atoms with Gasteiger partial charge in [0.05, 0.1) is 9.82 Å². The van der Waals surface area contributed by atoms with E-state index < -0.39 is 14.9 Å². The van der Waals surface area contributed by atoms with E-state index >= 15 is 0 Å². The number of benzene rings is 1. The van der Waals surface area contributed by atoms with Crippen LogP contribution in [0.2, 0.25) is 0 Å². The molecule has 2 unspecified atom stereocenters. The van der Waals surface area contributed by atoms with Gasteiger partial charge in [-0.05, 0) is 30.5 Å². The SMILES string of the molecule is CC1CN(S(=O)(=O)c2ccc([N+](=O)[O-])cc2)CC1CN. The molecule has 2 N–H and O–H groups in total. The summed E-state index contributed by atoms with van der Waals surface area (Å²) in [5, 5.41) is 10.6. The molecule has 110 valence electrons. The van der Waals surface area contributed by atoms with Gasteiger partial charge in [0.25, 0.3) is 5.69 Å². The van der Waals surface area contributed by atoms with Gasteiger partial charge in [0, 0.05) is 25.2 Å². The van der Waals surface area contributed by atoms with Crippen LogP contribution in [0.4, 0.5) is 5.69 Å². The van der Waals surface area contributed by atoms with Crippen molar-refractivity contribution in [1.82, 2.24) is 4.31 Å². The highest BCUT2D eigenvalue weighted by molar-refractivity contribution is 7.89. The van der Waals surface area contributed by atoms with Crippen LogP contribution in [-0.4, -0.2) is 37.3 Å². The summed E-state index contributed by atoms with van der Waals surface area (Å²) >= 11 is 0. The Morgan fingerprint density at radius 3 is 2.40 bits per heavy atom. The van der Waals surface area contributed by atoms with Gasteiger partial charge in [-0.1, -0.05) is 6.92 Å². The van der Waals surface area contributed by atoms with Gasteiger partial charge in [-0.25, -0.2) is 8.42 Å².